The largest absolute Gasteiger partial charge is 0.479 e. The van der Waals surface area contributed by atoms with Crippen LogP contribution in [0.1, 0.15) is 70.3 Å². The van der Waals surface area contributed by atoms with E-state index < -0.39 is 6.10 Å². The van der Waals surface area contributed by atoms with Gasteiger partial charge >= 0.3 is 5.97 Å². The third-order valence-corrected chi connectivity index (χ3v) is 3.98. The SMILES string of the molecule is CCCCCCCCCCC(Oc1cc[c]c(C)c1)C(=O)OC. The molecule has 1 aromatic carbocycles. The van der Waals surface area contributed by atoms with Crippen LogP contribution in [0.25, 0.3) is 0 Å². The lowest BCUT2D eigenvalue weighted by Gasteiger charge is -2.17. The Morgan fingerprint density at radius 2 is 1.78 bits per heavy atom. The van der Waals surface area contributed by atoms with Gasteiger partial charge in [-0.05, 0) is 43.5 Å². The van der Waals surface area contributed by atoms with Crippen LogP contribution in [0.5, 0.6) is 5.75 Å². The Balaban J connectivity index is 2.31. The van der Waals surface area contributed by atoms with E-state index in [0.717, 1.165) is 18.4 Å². The molecular formula is C20H31O3. The summed E-state index contributed by atoms with van der Waals surface area (Å²) in [6.07, 6.45) is 10.1. The molecule has 0 heterocycles. The summed E-state index contributed by atoms with van der Waals surface area (Å²) >= 11 is 0. The van der Waals surface area contributed by atoms with E-state index in [0.29, 0.717) is 12.2 Å². The molecule has 1 aromatic rings. The van der Waals surface area contributed by atoms with Crippen LogP contribution < -0.4 is 4.74 Å². The number of carbonyl (C=O) groups excluding carboxylic acids is 1. The summed E-state index contributed by atoms with van der Waals surface area (Å²) in [5, 5.41) is 0. The lowest BCUT2D eigenvalue weighted by atomic mass is 10.1. The number of benzene rings is 1. The van der Waals surface area contributed by atoms with Crippen LogP contribution in [0, 0.1) is 13.0 Å². The van der Waals surface area contributed by atoms with E-state index >= 15 is 0 Å². The van der Waals surface area contributed by atoms with Crippen molar-refractivity contribution in [3.05, 3.63) is 29.8 Å². The molecule has 0 bridgehead atoms. The average Bonchev–Trinajstić information content (AvgIpc) is 2.55. The molecule has 1 rings (SSSR count). The second-order valence-corrected chi connectivity index (χ2v) is 6.10. The van der Waals surface area contributed by atoms with Gasteiger partial charge in [-0.1, -0.05) is 57.9 Å². The highest BCUT2D eigenvalue weighted by Crippen LogP contribution is 2.18. The van der Waals surface area contributed by atoms with Crippen LogP contribution in [0.3, 0.4) is 0 Å². The maximum absolute atomic E-state index is 11.9. The topological polar surface area (TPSA) is 35.5 Å². The molecule has 1 atom stereocenters. The Kier molecular flexibility index (Phi) is 10.2. The zero-order valence-corrected chi connectivity index (χ0v) is 14.9. The predicted molar refractivity (Wildman–Crippen MR) is 93.7 cm³/mol. The molecule has 0 aliphatic carbocycles. The van der Waals surface area contributed by atoms with Gasteiger partial charge in [-0.3, -0.25) is 0 Å². The van der Waals surface area contributed by atoms with Gasteiger partial charge in [0.15, 0.2) is 6.10 Å². The van der Waals surface area contributed by atoms with E-state index in [1.54, 1.807) is 0 Å². The molecule has 3 heteroatoms. The van der Waals surface area contributed by atoms with Crippen molar-refractivity contribution in [3.63, 3.8) is 0 Å². The van der Waals surface area contributed by atoms with Gasteiger partial charge in [0.1, 0.15) is 5.75 Å². The van der Waals surface area contributed by atoms with Gasteiger partial charge in [0.05, 0.1) is 7.11 Å². The van der Waals surface area contributed by atoms with E-state index in [9.17, 15) is 4.79 Å². The molecule has 0 fully saturated rings. The number of hydrogen-bond donors (Lipinski definition) is 0. The molecule has 0 saturated carbocycles. The lowest BCUT2D eigenvalue weighted by Crippen LogP contribution is -2.28. The number of unbranched alkanes of at least 4 members (excludes halogenated alkanes) is 7. The van der Waals surface area contributed by atoms with E-state index in [-0.39, 0.29) is 5.97 Å². The zero-order chi connectivity index (χ0) is 16.9. The molecule has 23 heavy (non-hydrogen) atoms. The number of carbonyl (C=O) groups is 1. The van der Waals surface area contributed by atoms with E-state index in [1.807, 2.05) is 25.1 Å². The van der Waals surface area contributed by atoms with Gasteiger partial charge < -0.3 is 9.47 Å². The predicted octanol–water partition coefficient (Wildman–Crippen LogP) is 5.25. The van der Waals surface area contributed by atoms with Crippen LogP contribution in [0.15, 0.2) is 18.2 Å². The highest BCUT2D eigenvalue weighted by atomic mass is 16.6. The Bertz CT molecular complexity index is 442. The standard InChI is InChI=1S/C20H31O3/c1-4-5-6-7-8-9-10-11-15-19(20(21)22-3)23-18-14-12-13-17(2)16-18/h12,14,16,19H,4-11,15H2,1-3H3. The third-order valence-electron chi connectivity index (χ3n) is 3.98. The smallest absolute Gasteiger partial charge is 0.347 e. The van der Waals surface area contributed by atoms with Crippen LogP contribution in [-0.4, -0.2) is 19.2 Å². The fourth-order valence-corrected chi connectivity index (χ4v) is 2.62. The van der Waals surface area contributed by atoms with Crippen LogP contribution >= 0.6 is 0 Å². The van der Waals surface area contributed by atoms with Gasteiger partial charge in [0.25, 0.3) is 0 Å². The van der Waals surface area contributed by atoms with Crippen LogP contribution in [0.2, 0.25) is 0 Å². The Labute approximate surface area is 141 Å². The highest BCUT2D eigenvalue weighted by Gasteiger charge is 2.20. The molecule has 0 spiro atoms. The summed E-state index contributed by atoms with van der Waals surface area (Å²) in [4.78, 5) is 11.9. The number of esters is 1. The average molecular weight is 319 g/mol. The minimum Gasteiger partial charge on any atom is -0.479 e. The first-order valence-electron chi connectivity index (χ1n) is 8.90. The molecular weight excluding hydrogens is 288 g/mol. The fourth-order valence-electron chi connectivity index (χ4n) is 2.62. The molecule has 1 radical (unpaired) electrons. The Hall–Kier alpha value is -1.51. The first kappa shape index (κ1) is 19.5. The summed E-state index contributed by atoms with van der Waals surface area (Å²) in [6, 6.07) is 8.61. The number of aryl methyl sites for hydroxylation is 1. The molecule has 0 aromatic heterocycles. The van der Waals surface area contributed by atoms with Crippen molar-refractivity contribution in [2.75, 3.05) is 7.11 Å². The van der Waals surface area contributed by atoms with Gasteiger partial charge in [0.2, 0.25) is 0 Å². The van der Waals surface area contributed by atoms with Gasteiger partial charge in [-0.25, -0.2) is 4.79 Å². The van der Waals surface area contributed by atoms with E-state index in [1.165, 1.54) is 45.6 Å². The maximum Gasteiger partial charge on any atom is 0.347 e. The van der Waals surface area contributed by atoms with Crippen molar-refractivity contribution in [2.24, 2.45) is 0 Å². The summed E-state index contributed by atoms with van der Waals surface area (Å²) < 4.78 is 10.7. The summed E-state index contributed by atoms with van der Waals surface area (Å²) in [5.41, 5.74) is 0.998. The highest BCUT2D eigenvalue weighted by molar-refractivity contribution is 5.74. The first-order valence-corrected chi connectivity index (χ1v) is 8.90. The maximum atomic E-state index is 11.9. The molecule has 3 nitrogen and oxygen atoms in total. The monoisotopic (exact) mass is 319 g/mol. The quantitative estimate of drug-likeness (QED) is 0.390. The van der Waals surface area contributed by atoms with Crippen LogP contribution in [-0.2, 0) is 9.53 Å². The molecule has 0 aliphatic heterocycles. The minimum absolute atomic E-state index is 0.293. The number of hydrogen-bond acceptors (Lipinski definition) is 3. The van der Waals surface area contributed by atoms with Gasteiger partial charge in [-0.15, -0.1) is 0 Å². The van der Waals surface area contributed by atoms with E-state index in [2.05, 4.69) is 13.0 Å². The van der Waals surface area contributed by atoms with Crippen LogP contribution in [0.4, 0.5) is 0 Å². The minimum atomic E-state index is -0.512. The molecule has 0 amide bonds. The first-order chi connectivity index (χ1) is 11.2. The zero-order valence-electron chi connectivity index (χ0n) is 14.9. The molecule has 0 N–H and O–H groups in total. The van der Waals surface area contributed by atoms with Crippen molar-refractivity contribution in [3.8, 4) is 5.75 Å². The fraction of sp³-hybridized carbons (Fsp3) is 0.650. The third kappa shape index (κ3) is 8.63. The van der Waals surface area contributed by atoms with Crippen molar-refractivity contribution >= 4 is 5.97 Å². The van der Waals surface area contributed by atoms with Crippen molar-refractivity contribution < 1.29 is 14.3 Å². The number of rotatable bonds is 12. The normalized spacial score (nSPS) is 12.0. The second kappa shape index (κ2) is 12.0. The summed E-state index contributed by atoms with van der Waals surface area (Å²) in [5.74, 6) is 0.412. The summed E-state index contributed by atoms with van der Waals surface area (Å²) in [6.45, 7) is 4.19. The summed E-state index contributed by atoms with van der Waals surface area (Å²) in [7, 11) is 1.41. The second-order valence-electron chi connectivity index (χ2n) is 6.10. The lowest BCUT2D eigenvalue weighted by molar-refractivity contribution is -0.149. The van der Waals surface area contributed by atoms with Crippen molar-refractivity contribution in [2.45, 2.75) is 77.7 Å². The molecule has 129 valence electrons. The number of methoxy groups -OCH3 is 1. The molecule has 1 unspecified atom stereocenters. The Morgan fingerprint density at radius 1 is 1.13 bits per heavy atom. The number of ether oxygens (including phenoxy) is 2. The van der Waals surface area contributed by atoms with Gasteiger partial charge in [0, 0.05) is 0 Å². The van der Waals surface area contributed by atoms with Crippen molar-refractivity contribution in [1.29, 1.82) is 0 Å². The van der Waals surface area contributed by atoms with E-state index in [4.69, 9.17) is 9.47 Å². The van der Waals surface area contributed by atoms with Gasteiger partial charge in [-0.2, -0.15) is 0 Å². The Morgan fingerprint density at radius 3 is 2.39 bits per heavy atom. The molecule has 0 saturated heterocycles. The van der Waals surface area contributed by atoms with Crippen molar-refractivity contribution in [1.82, 2.24) is 0 Å². The molecule has 0 aliphatic rings.